The van der Waals surface area contributed by atoms with Crippen LogP contribution in [0.25, 0.3) is 0 Å². The number of nitrogens with zero attached hydrogens (tertiary/aromatic N) is 3. The summed E-state index contributed by atoms with van der Waals surface area (Å²) in [6.45, 7) is 2.56. The smallest absolute Gasteiger partial charge is 0.271 e. The van der Waals surface area contributed by atoms with Gasteiger partial charge in [0.25, 0.3) is 11.6 Å². The van der Waals surface area contributed by atoms with Crippen LogP contribution in [0.3, 0.4) is 0 Å². The number of ether oxygens (including phenoxy) is 2. The van der Waals surface area contributed by atoms with Crippen molar-refractivity contribution in [2.24, 2.45) is 5.92 Å². The van der Waals surface area contributed by atoms with Crippen molar-refractivity contribution in [2.75, 3.05) is 23.7 Å². The van der Waals surface area contributed by atoms with E-state index in [2.05, 4.69) is 15.9 Å². The Bertz CT molecular complexity index is 1400. The van der Waals surface area contributed by atoms with E-state index in [-0.39, 0.29) is 5.69 Å². The van der Waals surface area contributed by atoms with Crippen molar-refractivity contribution >= 4 is 44.8 Å². The zero-order valence-corrected chi connectivity index (χ0v) is 22.2. The molecule has 2 saturated heterocycles. The van der Waals surface area contributed by atoms with Gasteiger partial charge in [-0.2, -0.15) is 0 Å². The molecule has 5 rings (SSSR count). The Morgan fingerprint density at radius 1 is 1.03 bits per heavy atom. The van der Waals surface area contributed by atoms with Crippen molar-refractivity contribution in [2.45, 2.75) is 25.5 Å². The third-order valence-corrected chi connectivity index (χ3v) is 7.12. The standard InChI is InChI=1S/C27H24BrN3O7/c1-3-13-37-20-10-8-17(9-11-20)29-26(32)23-24(16-7-12-22(36-2)21(28)14-16)30(38-25(23)27(29)33)18-5-4-6-19(15-18)31(34)35/h4-12,14-15,23-25H,3,13H2,1-2H3/t23-,24+,25+/m1/s1. The summed E-state index contributed by atoms with van der Waals surface area (Å²) in [5.74, 6) is -0.589. The molecule has 0 aromatic heterocycles. The molecule has 2 fully saturated rings. The molecular weight excluding hydrogens is 558 g/mol. The highest BCUT2D eigenvalue weighted by Crippen LogP contribution is 2.48. The Balaban J connectivity index is 1.54. The second kappa shape index (κ2) is 10.4. The summed E-state index contributed by atoms with van der Waals surface area (Å²) >= 11 is 3.49. The zero-order valence-electron chi connectivity index (χ0n) is 20.6. The number of benzene rings is 3. The highest BCUT2D eigenvalue weighted by Gasteiger charge is 2.60. The van der Waals surface area contributed by atoms with E-state index in [0.29, 0.717) is 39.5 Å². The van der Waals surface area contributed by atoms with Gasteiger partial charge in [0.1, 0.15) is 17.4 Å². The molecule has 2 aliphatic rings. The van der Waals surface area contributed by atoms with Crippen molar-refractivity contribution < 1.29 is 28.8 Å². The fourth-order valence-electron chi connectivity index (χ4n) is 4.75. The maximum absolute atomic E-state index is 13.8. The van der Waals surface area contributed by atoms with E-state index in [0.717, 1.165) is 11.3 Å². The van der Waals surface area contributed by atoms with E-state index in [1.54, 1.807) is 55.6 Å². The number of halogens is 1. The minimum absolute atomic E-state index is 0.137. The molecule has 0 spiro atoms. The number of nitro benzene ring substituents is 1. The number of carbonyl (C=O) groups excluding carboxylic acids is 2. The molecule has 3 atom stereocenters. The number of hydrogen-bond acceptors (Lipinski definition) is 8. The lowest BCUT2D eigenvalue weighted by atomic mass is 9.90. The van der Waals surface area contributed by atoms with Gasteiger partial charge >= 0.3 is 0 Å². The molecular formula is C27H24BrN3O7. The number of nitro groups is 1. The van der Waals surface area contributed by atoms with Crippen molar-refractivity contribution in [3.05, 3.63) is 86.9 Å². The third kappa shape index (κ3) is 4.48. The summed E-state index contributed by atoms with van der Waals surface area (Å²) in [5.41, 5.74) is 1.30. The highest BCUT2D eigenvalue weighted by molar-refractivity contribution is 9.10. The van der Waals surface area contributed by atoms with Gasteiger partial charge < -0.3 is 9.47 Å². The van der Waals surface area contributed by atoms with Gasteiger partial charge in [-0.1, -0.05) is 19.1 Å². The lowest BCUT2D eigenvalue weighted by Crippen LogP contribution is -2.37. The second-order valence-electron chi connectivity index (χ2n) is 8.85. The summed E-state index contributed by atoms with van der Waals surface area (Å²) in [6.07, 6.45) is -0.251. The summed E-state index contributed by atoms with van der Waals surface area (Å²) in [7, 11) is 1.54. The van der Waals surface area contributed by atoms with Gasteiger partial charge in [-0.05, 0) is 70.4 Å². The molecule has 10 nitrogen and oxygen atoms in total. The largest absolute Gasteiger partial charge is 0.496 e. The van der Waals surface area contributed by atoms with E-state index in [4.69, 9.17) is 14.3 Å². The van der Waals surface area contributed by atoms with Gasteiger partial charge in [0.15, 0.2) is 6.10 Å². The third-order valence-electron chi connectivity index (χ3n) is 6.50. The maximum Gasteiger partial charge on any atom is 0.271 e. The van der Waals surface area contributed by atoms with Gasteiger partial charge in [-0.25, -0.2) is 9.96 Å². The first-order valence-electron chi connectivity index (χ1n) is 12.0. The lowest BCUT2D eigenvalue weighted by molar-refractivity contribution is -0.384. The fraction of sp³-hybridized carbons (Fsp3) is 0.259. The van der Waals surface area contributed by atoms with Crippen LogP contribution >= 0.6 is 15.9 Å². The molecule has 3 aromatic carbocycles. The van der Waals surface area contributed by atoms with Crippen LogP contribution < -0.4 is 19.4 Å². The van der Waals surface area contributed by atoms with Crippen LogP contribution in [-0.4, -0.2) is 36.6 Å². The van der Waals surface area contributed by atoms with Crippen LogP contribution in [-0.2, 0) is 14.4 Å². The van der Waals surface area contributed by atoms with Crippen molar-refractivity contribution in [3.63, 3.8) is 0 Å². The number of carbonyl (C=O) groups is 2. The molecule has 2 aliphatic heterocycles. The normalized spacial score (nSPS) is 20.6. The SMILES string of the molecule is CCCOc1ccc(N2C(=O)[C@H]3[C@H](ON(c4cccc([N+](=O)[O-])c4)[C@H]3c3ccc(OC)c(Br)c3)C2=O)cc1. The van der Waals surface area contributed by atoms with Crippen molar-refractivity contribution in [1.29, 1.82) is 0 Å². The molecule has 38 heavy (non-hydrogen) atoms. The predicted molar refractivity (Wildman–Crippen MR) is 142 cm³/mol. The van der Waals surface area contributed by atoms with Crippen LogP contribution in [0.5, 0.6) is 11.5 Å². The van der Waals surface area contributed by atoms with Crippen LogP contribution in [0.2, 0.25) is 0 Å². The molecule has 3 aromatic rings. The molecule has 0 unspecified atom stereocenters. The highest BCUT2D eigenvalue weighted by atomic mass is 79.9. The summed E-state index contributed by atoms with van der Waals surface area (Å²) in [6, 6.07) is 17.2. The maximum atomic E-state index is 13.8. The Morgan fingerprint density at radius 2 is 1.79 bits per heavy atom. The molecule has 2 amide bonds. The number of anilines is 2. The van der Waals surface area contributed by atoms with Gasteiger partial charge in [0.05, 0.1) is 40.5 Å². The van der Waals surface area contributed by atoms with Crippen molar-refractivity contribution in [1.82, 2.24) is 0 Å². The monoisotopic (exact) mass is 581 g/mol. The molecule has 0 bridgehead atoms. The molecule has 11 heteroatoms. The van der Waals surface area contributed by atoms with Gasteiger partial charge in [0, 0.05) is 12.1 Å². The van der Waals surface area contributed by atoms with Crippen molar-refractivity contribution in [3.8, 4) is 11.5 Å². The average molecular weight is 582 g/mol. The van der Waals surface area contributed by atoms with Gasteiger partial charge in [-0.3, -0.25) is 24.5 Å². The number of amides is 2. The number of hydrogen-bond donors (Lipinski definition) is 0. The second-order valence-corrected chi connectivity index (χ2v) is 9.70. The first kappa shape index (κ1) is 25.7. The molecule has 0 radical (unpaired) electrons. The van der Waals surface area contributed by atoms with Gasteiger partial charge in [-0.15, -0.1) is 0 Å². The minimum Gasteiger partial charge on any atom is -0.496 e. The summed E-state index contributed by atoms with van der Waals surface area (Å²) in [4.78, 5) is 45.5. The van der Waals surface area contributed by atoms with E-state index in [9.17, 15) is 19.7 Å². The number of imide groups is 1. The molecule has 0 aliphatic carbocycles. The molecule has 196 valence electrons. The van der Waals surface area contributed by atoms with E-state index >= 15 is 0 Å². The number of hydroxylamine groups is 1. The Labute approximate surface area is 226 Å². The Kier molecular flexibility index (Phi) is 7.04. The number of non-ortho nitro benzene ring substituents is 1. The quantitative estimate of drug-likeness (QED) is 0.202. The Hall–Kier alpha value is -3.96. The summed E-state index contributed by atoms with van der Waals surface area (Å²) < 4.78 is 11.6. The number of fused-ring (bicyclic) bond motifs is 1. The van der Waals surface area contributed by atoms with Gasteiger partial charge in [0.2, 0.25) is 5.91 Å². The number of rotatable bonds is 8. The van der Waals surface area contributed by atoms with Crippen LogP contribution in [0.4, 0.5) is 17.1 Å². The first-order valence-corrected chi connectivity index (χ1v) is 12.8. The lowest BCUT2D eigenvalue weighted by Gasteiger charge is -2.29. The van der Waals surface area contributed by atoms with Crippen LogP contribution in [0.15, 0.2) is 71.2 Å². The molecule has 2 heterocycles. The summed E-state index contributed by atoms with van der Waals surface area (Å²) in [5, 5.41) is 12.8. The Morgan fingerprint density at radius 3 is 2.45 bits per heavy atom. The van der Waals surface area contributed by atoms with E-state index in [1.165, 1.54) is 23.3 Å². The first-order chi connectivity index (χ1) is 18.3. The minimum atomic E-state index is -1.11. The van der Waals surface area contributed by atoms with E-state index < -0.39 is 34.8 Å². The van der Waals surface area contributed by atoms with Crippen LogP contribution in [0.1, 0.15) is 24.9 Å². The molecule has 0 N–H and O–H groups in total. The average Bonchev–Trinajstić information content (AvgIpc) is 3.43. The predicted octanol–water partition coefficient (Wildman–Crippen LogP) is 5.21. The zero-order chi connectivity index (χ0) is 27.0. The van der Waals surface area contributed by atoms with E-state index in [1.807, 2.05) is 6.92 Å². The fourth-order valence-corrected chi connectivity index (χ4v) is 5.31. The number of methoxy groups -OCH3 is 1. The molecule has 0 saturated carbocycles. The topological polar surface area (TPSA) is 111 Å². The van der Waals surface area contributed by atoms with Crippen LogP contribution in [0, 0.1) is 16.0 Å².